The molecule has 5 heteroatoms. The van der Waals surface area contributed by atoms with E-state index in [2.05, 4.69) is 28.9 Å². The summed E-state index contributed by atoms with van der Waals surface area (Å²) in [5.41, 5.74) is 7.46. The number of hydrogen-bond acceptors (Lipinski definition) is 4. The Morgan fingerprint density at radius 2 is 1.94 bits per heavy atom. The van der Waals surface area contributed by atoms with Crippen molar-refractivity contribution in [3.05, 3.63) is 23.4 Å². The van der Waals surface area contributed by atoms with E-state index in [4.69, 9.17) is 18.0 Å². The summed E-state index contributed by atoms with van der Waals surface area (Å²) in [6.45, 7) is 3.85. The normalized spacial score (nSPS) is 10.6. The lowest BCUT2D eigenvalue weighted by Gasteiger charge is -2.21. The van der Waals surface area contributed by atoms with Crippen molar-refractivity contribution in [2.24, 2.45) is 5.73 Å². The van der Waals surface area contributed by atoms with Crippen molar-refractivity contribution in [3.63, 3.8) is 0 Å². The van der Waals surface area contributed by atoms with E-state index in [-0.39, 0.29) is 0 Å². The van der Waals surface area contributed by atoms with E-state index >= 15 is 0 Å². The number of aromatic nitrogens is 1. The van der Waals surface area contributed by atoms with Crippen molar-refractivity contribution in [1.29, 1.82) is 0 Å². The highest BCUT2D eigenvalue weighted by atomic mass is 32.1. The van der Waals surface area contributed by atoms with Crippen LogP contribution in [-0.4, -0.2) is 49.1 Å². The minimum atomic E-state index is 0.415. The van der Waals surface area contributed by atoms with Crippen molar-refractivity contribution in [3.8, 4) is 0 Å². The lowest BCUT2D eigenvalue weighted by Crippen LogP contribution is -2.29. The molecule has 0 amide bonds. The van der Waals surface area contributed by atoms with Crippen LogP contribution < -0.4 is 10.6 Å². The number of hydrogen-bond donors (Lipinski definition) is 1. The topological polar surface area (TPSA) is 45.4 Å². The van der Waals surface area contributed by atoms with Gasteiger partial charge in [0.1, 0.15) is 10.8 Å². The van der Waals surface area contributed by atoms with Gasteiger partial charge in [-0.1, -0.05) is 12.2 Å². The molecule has 0 atom stereocenters. The lowest BCUT2D eigenvalue weighted by atomic mass is 10.2. The Kier molecular flexibility index (Phi) is 4.84. The molecule has 4 nitrogen and oxygen atoms in total. The van der Waals surface area contributed by atoms with Crippen molar-refractivity contribution in [1.82, 2.24) is 9.88 Å². The number of nitrogens with two attached hydrogens (primary N) is 1. The fourth-order valence-corrected chi connectivity index (χ4v) is 1.57. The third-order valence-electron chi connectivity index (χ3n) is 2.50. The predicted octanol–water partition coefficient (Wildman–Crippen LogP) is 1.02. The second-order valence-electron chi connectivity index (χ2n) is 4.44. The Bertz CT molecular complexity index is 403. The highest BCUT2D eigenvalue weighted by molar-refractivity contribution is 7.80. The van der Waals surface area contributed by atoms with Gasteiger partial charge in [0.05, 0.1) is 0 Å². The summed E-state index contributed by atoms with van der Waals surface area (Å²) in [7, 11) is 6.13. The Balaban J connectivity index is 2.86. The standard InChI is InChI=1S/C12H20N4S/c1-9-7-10(12(13)17)8-11(14-9)16(4)6-5-15(2)3/h7-8H,5-6H2,1-4H3,(H2,13,17). The number of aryl methyl sites for hydroxylation is 1. The predicted molar refractivity (Wildman–Crippen MR) is 76.7 cm³/mol. The molecule has 0 fully saturated rings. The number of anilines is 1. The molecule has 0 aliphatic heterocycles. The SMILES string of the molecule is Cc1cc(C(N)=S)cc(N(C)CCN(C)C)n1. The number of pyridine rings is 1. The van der Waals surface area contributed by atoms with Crippen LogP contribution in [-0.2, 0) is 0 Å². The molecule has 2 N–H and O–H groups in total. The summed E-state index contributed by atoms with van der Waals surface area (Å²) < 4.78 is 0. The average molecular weight is 252 g/mol. The van der Waals surface area contributed by atoms with Gasteiger partial charge in [-0.25, -0.2) is 4.98 Å². The molecule has 0 bridgehead atoms. The number of rotatable bonds is 5. The molecule has 0 saturated heterocycles. The van der Waals surface area contributed by atoms with Gasteiger partial charge in [-0.15, -0.1) is 0 Å². The third-order valence-corrected chi connectivity index (χ3v) is 2.73. The number of likely N-dealkylation sites (N-methyl/N-ethyl adjacent to an activating group) is 2. The molecule has 0 radical (unpaired) electrons. The van der Waals surface area contributed by atoms with E-state index in [1.54, 1.807) is 0 Å². The Hall–Kier alpha value is -1.20. The van der Waals surface area contributed by atoms with Crippen molar-refractivity contribution >= 4 is 23.0 Å². The fraction of sp³-hybridized carbons (Fsp3) is 0.500. The lowest BCUT2D eigenvalue weighted by molar-refractivity contribution is 0.416. The minimum Gasteiger partial charge on any atom is -0.389 e. The molecule has 0 spiro atoms. The molecule has 94 valence electrons. The Morgan fingerprint density at radius 3 is 2.47 bits per heavy atom. The van der Waals surface area contributed by atoms with E-state index in [1.807, 2.05) is 26.1 Å². The molecule has 17 heavy (non-hydrogen) atoms. The summed E-state index contributed by atoms with van der Waals surface area (Å²) >= 11 is 5.00. The van der Waals surface area contributed by atoms with E-state index < -0.39 is 0 Å². The summed E-state index contributed by atoms with van der Waals surface area (Å²) in [4.78, 5) is 9.15. The first-order valence-electron chi connectivity index (χ1n) is 5.54. The van der Waals surface area contributed by atoms with Crippen LogP contribution in [0.5, 0.6) is 0 Å². The quantitative estimate of drug-likeness (QED) is 0.793. The van der Waals surface area contributed by atoms with Gasteiger partial charge < -0.3 is 15.5 Å². The molecule has 1 aromatic rings. The van der Waals surface area contributed by atoms with Crippen LogP contribution in [0.25, 0.3) is 0 Å². The van der Waals surface area contributed by atoms with E-state index in [0.717, 1.165) is 30.2 Å². The maximum absolute atomic E-state index is 5.65. The van der Waals surface area contributed by atoms with Gasteiger partial charge in [-0.05, 0) is 33.2 Å². The average Bonchev–Trinajstić information content (AvgIpc) is 2.24. The highest BCUT2D eigenvalue weighted by Gasteiger charge is 2.07. The maximum Gasteiger partial charge on any atom is 0.129 e. The molecule has 0 saturated carbocycles. The third kappa shape index (κ3) is 4.28. The van der Waals surface area contributed by atoms with Gasteiger partial charge in [0.15, 0.2) is 0 Å². The zero-order valence-corrected chi connectivity index (χ0v) is 11.7. The van der Waals surface area contributed by atoms with Crippen LogP contribution in [0.2, 0.25) is 0 Å². The molecular formula is C12H20N4S. The summed E-state index contributed by atoms with van der Waals surface area (Å²) in [5.74, 6) is 0.912. The number of thiocarbonyl (C=S) groups is 1. The second kappa shape index (κ2) is 5.93. The van der Waals surface area contributed by atoms with Gasteiger partial charge in [-0.3, -0.25) is 0 Å². The summed E-state index contributed by atoms with van der Waals surface area (Å²) in [6, 6.07) is 3.84. The summed E-state index contributed by atoms with van der Waals surface area (Å²) in [5, 5.41) is 0. The van der Waals surface area contributed by atoms with Crippen molar-refractivity contribution in [2.45, 2.75) is 6.92 Å². The van der Waals surface area contributed by atoms with E-state index in [1.165, 1.54) is 0 Å². The highest BCUT2D eigenvalue weighted by Crippen LogP contribution is 2.13. The second-order valence-corrected chi connectivity index (χ2v) is 4.88. The molecule has 1 aromatic heterocycles. The monoisotopic (exact) mass is 252 g/mol. The first-order valence-corrected chi connectivity index (χ1v) is 5.95. The number of nitrogens with zero attached hydrogens (tertiary/aromatic N) is 3. The van der Waals surface area contributed by atoms with Crippen LogP contribution in [0.3, 0.4) is 0 Å². The Morgan fingerprint density at radius 1 is 1.29 bits per heavy atom. The first-order chi connectivity index (χ1) is 7.90. The van der Waals surface area contributed by atoms with Gasteiger partial charge >= 0.3 is 0 Å². The molecule has 1 rings (SSSR count). The smallest absolute Gasteiger partial charge is 0.129 e. The van der Waals surface area contributed by atoms with Crippen LogP contribution in [0.1, 0.15) is 11.3 Å². The van der Waals surface area contributed by atoms with E-state index in [0.29, 0.717) is 4.99 Å². The maximum atomic E-state index is 5.65. The first kappa shape index (κ1) is 13.9. The van der Waals surface area contributed by atoms with Crippen LogP contribution in [0.15, 0.2) is 12.1 Å². The van der Waals surface area contributed by atoms with Gasteiger partial charge in [0, 0.05) is 31.4 Å². The van der Waals surface area contributed by atoms with Gasteiger partial charge in [0.2, 0.25) is 0 Å². The largest absolute Gasteiger partial charge is 0.389 e. The molecular weight excluding hydrogens is 232 g/mol. The van der Waals surface area contributed by atoms with Crippen molar-refractivity contribution < 1.29 is 0 Å². The molecule has 0 unspecified atom stereocenters. The van der Waals surface area contributed by atoms with Crippen LogP contribution >= 0.6 is 12.2 Å². The zero-order valence-electron chi connectivity index (χ0n) is 10.9. The summed E-state index contributed by atoms with van der Waals surface area (Å²) in [6.07, 6.45) is 0. The fourth-order valence-electron chi connectivity index (χ4n) is 1.45. The van der Waals surface area contributed by atoms with Gasteiger partial charge in [0.25, 0.3) is 0 Å². The zero-order chi connectivity index (χ0) is 13.0. The molecule has 0 aromatic carbocycles. The van der Waals surface area contributed by atoms with E-state index in [9.17, 15) is 0 Å². The van der Waals surface area contributed by atoms with Crippen LogP contribution in [0, 0.1) is 6.92 Å². The van der Waals surface area contributed by atoms with Crippen LogP contribution in [0.4, 0.5) is 5.82 Å². The molecule has 0 aliphatic carbocycles. The molecule has 0 aliphatic rings. The molecule has 1 heterocycles. The van der Waals surface area contributed by atoms with Gasteiger partial charge in [-0.2, -0.15) is 0 Å². The van der Waals surface area contributed by atoms with Crippen molar-refractivity contribution in [2.75, 3.05) is 39.1 Å². The minimum absolute atomic E-state index is 0.415. The Labute approximate surface area is 108 Å².